The Hall–Kier alpha value is -3.14. The Balaban J connectivity index is 1.60. The first kappa shape index (κ1) is 18.6. The van der Waals surface area contributed by atoms with Crippen LogP contribution in [0, 0.1) is 20.8 Å². The van der Waals surface area contributed by atoms with Gasteiger partial charge in [-0.05, 0) is 48.2 Å². The second-order valence-electron chi connectivity index (χ2n) is 6.91. The third-order valence-electron chi connectivity index (χ3n) is 4.62. The maximum absolute atomic E-state index is 12.3. The van der Waals surface area contributed by atoms with Crippen LogP contribution in [0.4, 0.5) is 5.69 Å². The summed E-state index contributed by atoms with van der Waals surface area (Å²) < 4.78 is 0. The average Bonchev–Trinajstić information content (AvgIpc) is 2.63. The molecule has 0 bridgehead atoms. The van der Waals surface area contributed by atoms with E-state index in [0.29, 0.717) is 0 Å². The van der Waals surface area contributed by atoms with Crippen molar-refractivity contribution in [2.24, 2.45) is 0 Å². The molecule has 0 radical (unpaired) electrons. The summed E-state index contributed by atoms with van der Waals surface area (Å²) in [7, 11) is 0. The van der Waals surface area contributed by atoms with Gasteiger partial charge < -0.3 is 10.6 Å². The number of amides is 2. The van der Waals surface area contributed by atoms with Gasteiger partial charge in [-0.15, -0.1) is 0 Å². The van der Waals surface area contributed by atoms with E-state index in [1.54, 1.807) is 0 Å². The van der Waals surface area contributed by atoms with Crippen LogP contribution in [0.15, 0.2) is 54.6 Å². The average molecular weight is 360 g/mol. The molecule has 27 heavy (non-hydrogen) atoms. The smallest absolute Gasteiger partial charge is 0.243 e. The van der Waals surface area contributed by atoms with Crippen LogP contribution >= 0.6 is 0 Å². The highest BCUT2D eigenvalue weighted by Crippen LogP contribution is 2.22. The molecule has 0 atom stereocenters. The van der Waals surface area contributed by atoms with Crippen LogP contribution in [0.3, 0.4) is 0 Å². The predicted octanol–water partition coefficient (Wildman–Crippen LogP) is 4.06. The zero-order chi connectivity index (χ0) is 19.4. The molecule has 4 nitrogen and oxygen atoms in total. The first-order valence-corrected chi connectivity index (χ1v) is 9.05. The minimum atomic E-state index is -0.226. The van der Waals surface area contributed by atoms with Crippen LogP contribution in [-0.4, -0.2) is 18.4 Å². The maximum Gasteiger partial charge on any atom is 0.243 e. The molecular weight excluding hydrogens is 336 g/mol. The monoisotopic (exact) mass is 360 g/mol. The molecule has 0 aliphatic rings. The zero-order valence-electron chi connectivity index (χ0n) is 15.9. The predicted molar refractivity (Wildman–Crippen MR) is 110 cm³/mol. The fourth-order valence-corrected chi connectivity index (χ4v) is 3.42. The quantitative estimate of drug-likeness (QED) is 0.721. The highest BCUT2D eigenvalue weighted by molar-refractivity contribution is 5.96. The van der Waals surface area contributed by atoms with Crippen molar-refractivity contribution in [2.45, 2.75) is 27.2 Å². The summed E-state index contributed by atoms with van der Waals surface area (Å²) in [6, 6.07) is 17.9. The Kier molecular flexibility index (Phi) is 5.55. The standard InChI is InChI=1S/C23H24N2O2/c1-15-11-16(2)23(17(3)12-15)25-22(27)14-24-21(26)13-19-9-6-8-18-7-4-5-10-20(18)19/h4-12H,13-14H2,1-3H3,(H,24,26)(H,25,27). The van der Waals surface area contributed by atoms with Crippen molar-refractivity contribution in [2.75, 3.05) is 11.9 Å². The normalized spacial score (nSPS) is 10.6. The van der Waals surface area contributed by atoms with Crippen molar-refractivity contribution in [3.63, 3.8) is 0 Å². The van der Waals surface area contributed by atoms with Crippen molar-refractivity contribution < 1.29 is 9.59 Å². The lowest BCUT2D eigenvalue weighted by Crippen LogP contribution is -2.34. The van der Waals surface area contributed by atoms with Gasteiger partial charge in [0.15, 0.2) is 0 Å². The van der Waals surface area contributed by atoms with Gasteiger partial charge >= 0.3 is 0 Å². The van der Waals surface area contributed by atoms with Crippen LogP contribution in [0.1, 0.15) is 22.3 Å². The Morgan fingerprint density at radius 1 is 0.852 bits per heavy atom. The van der Waals surface area contributed by atoms with E-state index in [1.165, 1.54) is 0 Å². The van der Waals surface area contributed by atoms with Crippen molar-refractivity contribution in [1.82, 2.24) is 5.32 Å². The number of fused-ring (bicyclic) bond motifs is 1. The number of hydrogen-bond acceptors (Lipinski definition) is 2. The molecular formula is C23H24N2O2. The summed E-state index contributed by atoms with van der Waals surface area (Å²) in [5, 5.41) is 7.78. The van der Waals surface area contributed by atoms with Crippen LogP contribution in [0.25, 0.3) is 10.8 Å². The van der Waals surface area contributed by atoms with Crippen molar-refractivity contribution in [3.05, 3.63) is 76.9 Å². The molecule has 138 valence electrons. The first-order chi connectivity index (χ1) is 12.9. The van der Waals surface area contributed by atoms with E-state index in [9.17, 15) is 9.59 Å². The number of anilines is 1. The third-order valence-corrected chi connectivity index (χ3v) is 4.62. The van der Waals surface area contributed by atoms with Gasteiger partial charge in [-0.3, -0.25) is 9.59 Å². The topological polar surface area (TPSA) is 58.2 Å². The summed E-state index contributed by atoms with van der Waals surface area (Å²) in [4.78, 5) is 24.5. The summed E-state index contributed by atoms with van der Waals surface area (Å²) in [6.45, 7) is 5.92. The van der Waals surface area contributed by atoms with Gasteiger partial charge in [-0.2, -0.15) is 0 Å². The molecule has 2 N–H and O–H groups in total. The molecule has 3 aromatic carbocycles. The maximum atomic E-state index is 12.3. The molecule has 0 spiro atoms. The molecule has 4 heteroatoms. The van der Waals surface area contributed by atoms with E-state index < -0.39 is 0 Å². The second kappa shape index (κ2) is 8.04. The molecule has 2 amide bonds. The number of carbonyl (C=O) groups is 2. The molecule has 0 aromatic heterocycles. The van der Waals surface area contributed by atoms with Crippen molar-refractivity contribution >= 4 is 28.3 Å². The van der Waals surface area contributed by atoms with Gasteiger partial charge in [0.2, 0.25) is 11.8 Å². The Morgan fingerprint density at radius 3 is 2.26 bits per heavy atom. The molecule has 0 saturated heterocycles. The molecule has 0 saturated carbocycles. The lowest BCUT2D eigenvalue weighted by Gasteiger charge is -2.13. The lowest BCUT2D eigenvalue weighted by atomic mass is 10.0. The summed E-state index contributed by atoms with van der Waals surface area (Å²) in [6.07, 6.45) is 0.247. The van der Waals surface area contributed by atoms with E-state index in [2.05, 4.69) is 10.6 Å². The van der Waals surface area contributed by atoms with E-state index >= 15 is 0 Å². The minimum Gasteiger partial charge on any atom is -0.347 e. The van der Waals surface area contributed by atoms with Crippen LogP contribution in [0.5, 0.6) is 0 Å². The molecule has 3 rings (SSSR count). The number of rotatable bonds is 5. The number of aryl methyl sites for hydroxylation is 3. The van der Waals surface area contributed by atoms with Crippen LogP contribution < -0.4 is 10.6 Å². The molecule has 0 heterocycles. The fourth-order valence-electron chi connectivity index (χ4n) is 3.42. The number of benzene rings is 3. The van der Waals surface area contributed by atoms with Gasteiger partial charge in [-0.25, -0.2) is 0 Å². The SMILES string of the molecule is Cc1cc(C)c(NC(=O)CNC(=O)Cc2cccc3ccccc23)c(C)c1. The van der Waals surface area contributed by atoms with Gasteiger partial charge in [0.05, 0.1) is 13.0 Å². The third kappa shape index (κ3) is 4.53. The van der Waals surface area contributed by atoms with E-state index in [4.69, 9.17) is 0 Å². The van der Waals surface area contributed by atoms with Crippen molar-refractivity contribution in [1.29, 1.82) is 0 Å². The summed E-state index contributed by atoms with van der Waals surface area (Å²) >= 11 is 0. The molecule has 0 aliphatic carbocycles. The molecule has 0 unspecified atom stereocenters. The van der Waals surface area contributed by atoms with E-state index in [1.807, 2.05) is 75.4 Å². The van der Waals surface area contributed by atoms with Gasteiger partial charge in [0.1, 0.15) is 0 Å². The lowest BCUT2D eigenvalue weighted by molar-refractivity contribution is -0.123. The number of hydrogen-bond donors (Lipinski definition) is 2. The highest BCUT2D eigenvalue weighted by atomic mass is 16.2. The Labute approximate surface area is 159 Å². The van der Waals surface area contributed by atoms with E-state index in [-0.39, 0.29) is 24.8 Å². The van der Waals surface area contributed by atoms with Gasteiger partial charge in [0, 0.05) is 5.69 Å². The second-order valence-corrected chi connectivity index (χ2v) is 6.91. The molecule has 0 aliphatic heterocycles. The fraction of sp³-hybridized carbons (Fsp3) is 0.217. The van der Waals surface area contributed by atoms with Gasteiger partial charge in [0.25, 0.3) is 0 Å². The zero-order valence-corrected chi connectivity index (χ0v) is 15.9. The molecule has 0 fully saturated rings. The largest absolute Gasteiger partial charge is 0.347 e. The molecule has 3 aromatic rings. The Bertz CT molecular complexity index is 980. The summed E-state index contributed by atoms with van der Waals surface area (Å²) in [5.74, 6) is -0.393. The summed E-state index contributed by atoms with van der Waals surface area (Å²) in [5.41, 5.74) is 4.96. The number of carbonyl (C=O) groups excluding carboxylic acids is 2. The van der Waals surface area contributed by atoms with Crippen molar-refractivity contribution in [3.8, 4) is 0 Å². The highest BCUT2D eigenvalue weighted by Gasteiger charge is 2.11. The first-order valence-electron chi connectivity index (χ1n) is 9.05. The van der Waals surface area contributed by atoms with Crippen LogP contribution in [-0.2, 0) is 16.0 Å². The minimum absolute atomic E-state index is 0.0453. The number of nitrogens with one attached hydrogen (secondary N) is 2. The van der Waals surface area contributed by atoms with Crippen LogP contribution in [0.2, 0.25) is 0 Å². The van der Waals surface area contributed by atoms with Gasteiger partial charge in [-0.1, -0.05) is 60.2 Å². The Morgan fingerprint density at radius 2 is 1.52 bits per heavy atom. The van der Waals surface area contributed by atoms with E-state index in [0.717, 1.165) is 38.7 Å².